The molecule has 2 rings (SSSR count). The van der Waals surface area contributed by atoms with Crippen LogP contribution in [-0.4, -0.2) is 16.8 Å². The third-order valence-corrected chi connectivity index (χ3v) is 4.06. The number of aromatic nitrogens is 1. The minimum absolute atomic E-state index is 0.226. The van der Waals surface area contributed by atoms with E-state index in [1.54, 1.807) is 18.3 Å². The van der Waals surface area contributed by atoms with Crippen LogP contribution < -0.4 is 10.6 Å². The number of carbonyl (C=O) groups is 2. The van der Waals surface area contributed by atoms with Crippen LogP contribution in [0.3, 0.4) is 0 Å². The average Bonchev–Trinajstić information content (AvgIpc) is 2.56. The first-order valence-corrected chi connectivity index (χ1v) is 7.95. The molecule has 1 aromatic heterocycles. The second kappa shape index (κ2) is 7.73. The van der Waals surface area contributed by atoms with Gasteiger partial charge in [0.05, 0.1) is 18.3 Å². The summed E-state index contributed by atoms with van der Waals surface area (Å²) < 4.78 is 0. The standard InChI is InChI=1S/C19H23N3O2/c1-12-9-14(3)17(10-13(12)2)15(4)22-19(24)18(23)21-11-16-7-5-6-8-20-16/h5-10,15H,11H2,1-4H3,(H,21,23)(H,22,24). The average molecular weight is 325 g/mol. The molecule has 0 spiro atoms. The van der Waals surface area contributed by atoms with E-state index in [1.807, 2.05) is 26.8 Å². The lowest BCUT2D eigenvalue weighted by Crippen LogP contribution is -2.40. The molecule has 1 heterocycles. The van der Waals surface area contributed by atoms with E-state index in [0.717, 1.165) is 16.7 Å². The van der Waals surface area contributed by atoms with Crippen LogP contribution in [0.2, 0.25) is 0 Å². The molecule has 0 fully saturated rings. The van der Waals surface area contributed by atoms with Crippen LogP contribution in [0.4, 0.5) is 0 Å². The lowest BCUT2D eigenvalue weighted by Gasteiger charge is -2.18. The fourth-order valence-corrected chi connectivity index (χ4v) is 2.54. The third kappa shape index (κ3) is 4.41. The van der Waals surface area contributed by atoms with Crippen molar-refractivity contribution in [2.24, 2.45) is 0 Å². The number of rotatable bonds is 4. The van der Waals surface area contributed by atoms with Crippen LogP contribution in [-0.2, 0) is 16.1 Å². The van der Waals surface area contributed by atoms with Crippen molar-refractivity contribution in [3.05, 3.63) is 64.5 Å². The van der Waals surface area contributed by atoms with E-state index in [0.29, 0.717) is 5.69 Å². The molecule has 0 aliphatic carbocycles. The first kappa shape index (κ1) is 17.7. The maximum atomic E-state index is 12.1. The van der Waals surface area contributed by atoms with Crippen LogP contribution in [0.25, 0.3) is 0 Å². The number of aryl methyl sites for hydroxylation is 3. The van der Waals surface area contributed by atoms with E-state index in [9.17, 15) is 9.59 Å². The molecule has 1 aromatic carbocycles. The lowest BCUT2D eigenvalue weighted by atomic mass is 9.96. The van der Waals surface area contributed by atoms with Gasteiger partial charge in [0, 0.05) is 6.20 Å². The van der Waals surface area contributed by atoms with Crippen LogP contribution in [0.5, 0.6) is 0 Å². The van der Waals surface area contributed by atoms with Crippen molar-refractivity contribution in [3.63, 3.8) is 0 Å². The Morgan fingerprint density at radius 3 is 2.42 bits per heavy atom. The van der Waals surface area contributed by atoms with Crippen molar-refractivity contribution in [1.29, 1.82) is 0 Å². The number of pyridine rings is 1. The number of nitrogens with zero attached hydrogens (tertiary/aromatic N) is 1. The van der Waals surface area contributed by atoms with Crippen LogP contribution in [0.1, 0.15) is 40.9 Å². The molecule has 5 nitrogen and oxygen atoms in total. The predicted molar refractivity (Wildman–Crippen MR) is 93.3 cm³/mol. The van der Waals surface area contributed by atoms with E-state index < -0.39 is 11.8 Å². The van der Waals surface area contributed by atoms with Crippen molar-refractivity contribution in [1.82, 2.24) is 15.6 Å². The Morgan fingerprint density at radius 1 is 1.04 bits per heavy atom. The number of hydrogen-bond donors (Lipinski definition) is 2. The summed E-state index contributed by atoms with van der Waals surface area (Å²) in [5.74, 6) is -1.30. The topological polar surface area (TPSA) is 71.1 Å². The van der Waals surface area contributed by atoms with Crippen LogP contribution in [0, 0.1) is 20.8 Å². The van der Waals surface area contributed by atoms with Crippen molar-refractivity contribution < 1.29 is 9.59 Å². The maximum absolute atomic E-state index is 12.1. The second-order valence-electron chi connectivity index (χ2n) is 5.99. The molecule has 24 heavy (non-hydrogen) atoms. The quantitative estimate of drug-likeness (QED) is 0.849. The van der Waals surface area contributed by atoms with E-state index in [4.69, 9.17) is 0 Å². The van der Waals surface area contributed by atoms with Crippen LogP contribution in [0.15, 0.2) is 36.5 Å². The normalized spacial score (nSPS) is 11.7. The van der Waals surface area contributed by atoms with Crippen molar-refractivity contribution >= 4 is 11.8 Å². The molecule has 0 bridgehead atoms. The van der Waals surface area contributed by atoms with E-state index in [2.05, 4.69) is 34.7 Å². The summed E-state index contributed by atoms with van der Waals surface area (Å²) in [6.45, 7) is 8.20. The van der Waals surface area contributed by atoms with Crippen molar-refractivity contribution in [3.8, 4) is 0 Å². The Morgan fingerprint density at radius 2 is 1.75 bits per heavy atom. The van der Waals surface area contributed by atoms with Gasteiger partial charge in [0.2, 0.25) is 0 Å². The third-order valence-electron chi connectivity index (χ3n) is 4.06. The summed E-state index contributed by atoms with van der Waals surface area (Å²) in [6.07, 6.45) is 1.64. The maximum Gasteiger partial charge on any atom is 0.309 e. The molecular weight excluding hydrogens is 302 g/mol. The number of hydrogen-bond acceptors (Lipinski definition) is 3. The summed E-state index contributed by atoms with van der Waals surface area (Å²) in [5, 5.41) is 5.33. The molecule has 0 radical (unpaired) electrons. The zero-order valence-corrected chi connectivity index (χ0v) is 14.5. The fourth-order valence-electron chi connectivity index (χ4n) is 2.54. The van der Waals surface area contributed by atoms with Gasteiger partial charge in [-0.05, 0) is 62.1 Å². The highest BCUT2D eigenvalue weighted by molar-refractivity contribution is 6.35. The molecule has 0 aliphatic heterocycles. The second-order valence-corrected chi connectivity index (χ2v) is 5.99. The number of amides is 2. The highest BCUT2D eigenvalue weighted by atomic mass is 16.2. The first-order chi connectivity index (χ1) is 11.4. The molecule has 1 atom stereocenters. The molecular formula is C19H23N3O2. The zero-order chi connectivity index (χ0) is 17.7. The Kier molecular flexibility index (Phi) is 5.68. The largest absolute Gasteiger partial charge is 0.342 e. The predicted octanol–water partition coefficient (Wildman–Crippen LogP) is 2.50. The summed E-state index contributed by atoms with van der Waals surface area (Å²) >= 11 is 0. The SMILES string of the molecule is Cc1cc(C)c(C(C)NC(=O)C(=O)NCc2ccccn2)cc1C. The Hall–Kier alpha value is -2.69. The number of nitrogens with one attached hydrogen (secondary N) is 2. The zero-order valence-electron chi connectivity index (χ0n) is 14.5. The van der Waals surface area contributed by atoms with Gasteiger partial charge in [-0.25, -0.2) is 0 Å². The monoisotopic (exact) mass is 325 g/mol. The summed E-state index contributed by atoms with van der Waals surface area (Å²) in [4.78, 5) is 28.1. The van der Waals surface area contributed by atoms with Gasteiger partial charge >= 0.3 is 11.8 Å². The molecule has 0 saturated carbocycles. The molecule has 2 N–H and O–H groups in total. The highest BCUT2D eigenvalue weighted by Gasteiger charge is 2.18. The van der Waals surface area contributed by atoms with Crippen molar-refractivity contribution in [2.75, 3.05) is 0 Å². The Bertz CT molecular complexity index is 742. The molecule has 0 saturated heterocycles. The van der Waals surface area contributed by atoms with E-state index >= 15 is 0 Å². The summed E-state index contributed by atoms with van der Waals surface area (Å²) in [5.41, 5.74) is 5.19. The molecule has 2 amide bonds. The highest BCUT2D eigenvalue weighted by Crippen LogP contribution is 2.21. The molecule has 5 heteroatoms. The smallest absolute Gasteiger partial charge is 0.309 e. The van der Waals surface area contributed by atoms with Gasteiger partial charge < -0.3 is 10.6 Å². The lowest BCUT2D eigenvalue weighted by molar-refractivity contribution is -0.139. The van der Waals surface area contributed by atoms with Gasteiger partial charge in [0.25, 0.3) is 0 Å². The van der Waals surface area contributed by atoms with Gasteiger partial charge in [-0.2, -0.15) is 0 Å². The van der Waals surface area contributed by atoms with Gasteiger partial charge in [0.1, 0.15) is 0 Å². The van der Waals surface area contributed by atoms with Crippen molar-refractivity contribution in [2.45, 2.75) is 40.3 Å². The Balaban J connectivity index is 1.96. The summed E-state index contributed by atoms with van der Waals surface area (Å²) in [6, 6.07) is 9.33. The Labute approximate surface area is 142 Å². The fraction of sp³-hybridized carbons (Fsp3) is 0.316. The number of carbonyl (C=O) groups excluding carboxylic acids is 2. The van der Waals surface area contributed by atoms with Crippen LogP contribution >= 0.6 is 0 Å². The first-order valence-electron chi connectivity index (χ1n) is 7.95. The minimum Gasteiger partial charge on any atom is -0.342 e. The van der Waals surface area contributed by atoms with Gasteiger partial charge in [0.15, 0.2) is 0 Å². The number of benzene rings is 1. The van der Waals surface area contributed by atoms with E-state index in [-0.39, 0.29) is 12.6 Å². The minimum atomic E-state index is -0.658. The molecule has 2 aromatic rings. The molecule has 126 valence electrons. The molecule has 0 aliphatic rings. The van der Waals surface area contributed by atoms with Gasteiger partial charge in [-0.1, -0.05) is 18.2 Å². The summed E-state index contributed by atoms with van der Waals surface area (Å²) in [7, 11) is 0. The van der Waals surface area contributed by atoms with Gasteiger partial charge in [-0.3, -0.25) is 14.6 Å². The van der Waals surface area contributed by atoms with Gasteiger partial charge in [-0.15, -0.1) is 0 Å². The molecule has 1 unspecified atom stereocenters. The van der Waals surface area contributed by atoms with E-state index in [1.165, 1.54) is 5.56 Å².